The number of fused-ring (bicyclic) bond motifs is 1. The molecule has 0 spiro atoms. The lowest BCUT2D eigenvalue weighted by Gasteiger charge is -2.25. The van der Waals surface area contributed by atoms with Gasteiger partial charge in [-0.2, -0.15) is 0 Å². The summed E-state index contributed by atoms with van der Waals surface area (Å²) in [4.78, 5) is 34.8. The van der Waals surface area contributed by atoms with Crippen LogP contribution in [0.25, 0.3) is 10.9 Å². The van der Waals surface area contributed by atoms with Crippen LogP contribution in [-0.2, 0) is 11.3 Å². The molecule has 3 aromatic rings. The molecule has 176 valence electrons. The van der Waals surface area contributed by atoms with Crippen LogP contribution in [0.1, 0.15) is 38.2 Å². The van der Waals surface area contributed by atoms with Gasteiger partial charge in [-0.15, -0.1) is 0 Å². The minimum absolute atomic E-state index is 0.0709. The minimum Gasteiger partial charge on any atom is -0.493 e. The van der Waals surface area contributed by atoms with E-state index in [4.69, 9.17) is 9.47 Å². The molecule has 1 aromatic heterocycles. The number of rotatable bonds is 10. The number of aromatic amines is 1. The fourth-order valence-electron chi connectivity index (χ4n) is 3.80. The Hall–Kier alpha value is -3.39. The van der Waals surface area contributed by atoms with Gasteiger partial charge in [-0.1, -0.05) is 51.1 Å². The van der Waals surface area contributed by atoms with Crippen LogP contribution in [0, 0.1) is 5.92 Å². The molecule has 2 aromatic carbocycles. The fourth-order valence-corrected chi connectivity index (χ4v) is 3.80. The van der Waals surface area contributed by atoms with Crippen molar-refractivity contribution in [3.63, 3.8) is 0 Å². The maximum absolute atomic E-state index is 12.8. The Morgan fingerprint density at radius 2 is 1.79 bits per heavy atom. The van der Waals surface area contributed by atoms with Crippen LogP contribution in [0.4, 0.5) is 0 Å². The number of ether oxygens (including phenoxy) is 2. The molecule has 0 aliphatic heterocycles. The normalized spacial score (nSPS) is 12.2. The highest BCUT2D eigenvalue weighted by molar-refractivity contribution is 5.82. The van der Waals surface area contributed by atoms with E-state index in [2.05, 4.69) is 29.1 Å². The smallest absolute Gasteiger partial charge is 0.258 e. The monoisotopic (exact) mass is 452 g/mol. The summed E-state index contributed by atoms with van der Waals surface area (Å²) >= 11 is 0. The first-order valence-electron chi connectivity index (χ1n) is 11.1. The molecule has 0 fully saturated rings. The van der Waals surface area contributed by atoms with E-state index in [1.165, 1.54) is 14.2 Å². The van der Waals surface area contributed by atoms with Gasteiger partial charge in [0, 0.05) is 6.07 Å². The summed E-state index contributed by atoms with van der Waals surface area (Å²) in [7, 11) is 3.06. The van der Waals surface area contributed by atoms with Gasteiger partial charge in [-0.25, -0.2) is 4.98 Å². The second-order valence-electron chi connectivity index (χ2n) is 8.24. The van der Waals surface area contributed by atoms with Gasteiger partial charge in [0.15, 0.2) is 11.5 Å². The molecule has 0 saturated carbocycles. The number of carbonyl (C=O) groups is 1. The molecule has 3 rings (SSSR count). The van der Waals surface area contributed by atoms with E-state index in [0.29, 0.717) is 41.3 Å². The van der Waals surface area contributed by atoms with Gasteiger partial charge >= 0.3 is 0 Å². The van der Waals surface area contributed by atoms with E-state index in [0.717, 1.165) is 5.56 Å². The Balaban J connectivity index is 1.76. The van der Waals surface area contributed by atoms with Crippen molar-refractivity contribution in [2.24, 2.45) is 5.92 Å². The molecule has 8 heteroatoms. The molecule has 0 radical (unpaired) electrons. The van der Waals surface area contributed by atoms with E-state index in [1.54, 1.807) is 12.1 Å². The molecule has 8 nitrogen and oxygen atoms in total. The number of amides is 1. The standard InChI is InChI=1S/C25H32N4O4/c1-6-29(15-23(30)28-24(16(2)3)17-10-8-7-9-11-17)14-22-26-19-13-21(33-5)20(32-4)12-18(19)25(31)27-22/h7-13,16,24H,6,14-15H2,1-5H3,(H,28,30)(H,26,27,31). The van der Waals surface area contributed by atoms with Crippen molar-refractivity contribution in [2.75, 3.05) is 27.3 Å². The maximum Gasteiger partial charge on any atom is 0.258 e. The van der Waals surface area contributed by atoms with Crippen molar-refractivity contribution in [1.82, 2.24) is 20.2 Å². The predicted molar refractivity (Wildman–Crippen MR) is 129 cm³/mol. The molecule has 33 heavy (non-hydrogen) atoms. The average molecular weight is 453 g/mol. The molecule has 1 amide bonds. The van der Waals surface area contributed by atoms with Gasteiger partial charge in [0.2, 0.25) is 5.91 Å². The van der Waals surface area contributed by atoms with Gasteiger partial charge in [0.25, 0.3) is 5.56 Å². The summed E-state index contributed by atoms with van der Waals surface area (Å²) in [5.41, 5.74) is 1.32. The number of H-pyrrole nitrogens is 1. The molecule has 1 unspecified atom stereocenters. The highest BCUT2D eigenvalue weighted by atomic mass is 16.5. The zero-order valence-electron chi connectivity index (χ0n) is 19.8. The summed E-state index contributed by atoms with van der Waals surface area (Å²) in [6.07, 6.45) is 0. The number of benzene rings is 2. The highest BCUT2D eigenvalue weighted by Crippen LogP contribution is 2.30. The molecule has 1 heterocycles. The number of nitrogens with one attached hydrogen (secondary N) is 2. The zero-order valence-corrected chi connectivity index (χ0v) is 19.8. The molecule has 0 aliphatic rings. The number of carbonyl (C=O) groups excluding carboxylic acids is 1. The SMILES string of the molecule is CCN(CC(=O)NC(c1ccccc1)C(C)C)Cc1nc2cc(OC)c(OC)cc2c(=O)[nH]1. The van der Waals surface area contributed by atoms with E-state index in [1.807, 2.05) is 42.2 Å². The first-order valence-corrected chi connectivity index (χ1v) is 11.1. The van der Waals surface area contributed by atoms with Crippen LogP contribution in [0.15, 0.2) is 47.3 Å². The summed E-state index contributed by atoms with van der Waals surface area (Å²) in [6.45, 7) is 7.29. The fraction of sp³-hybridized carbons (Fsp3) is 0.400. The van der Waals surface area contributed by atoms with Crippen molar-refractivity contribution >= 4 is 16.8 Å². The number of aromatic nitrogens is 2. The molecule has 0 saturated heterocycles. The Labute approximate surface area is 193 Å². The molecule has 0 bridgehead atoms. The van der Waals surface area contributed by atoms with E-state index in [9.17, 15) is 9.59 Å². The topological polar surface area (TPSA) is 96.6 Å². The van der Waals surface area contributed by atoms with Crippen molar-refractivity contribution in [2.45, 2.75) is 33.4 Å². The van der Waals surface area contributed by atoms with E-state index in [-0.39, 0.29) is 30.0 Å². The van der Waals surface area contributed by atoms with Crippen LogP contribution >= 0.6 is 0 Å². The lowest BCUT2D eigenvalue weighted by atomic mass is 9.96. The van der Waals surface area contributed by atoms with Crippen LogP contribution < -0.4 is 20.3 Å². The summed E-state index contributed by atoms with van der Waals surface area (Å²) < 4.78 is 10.6. The number of hydrogen-bond acceptors (Lipinski definition) is 6. The van der Waals surface area contributed by atoms with Crippen molar-refractivity contribution < 1.29 is 14.3 Å². The summed E-state index contributed by atoms with van der Waals surface area (Å²) in [5, 5.41) is 3.57. The van der Waals surface area contributed by atoms with Gasteiger partial charge < -0.3 is 19.8 Å². The lowest BCUT2D eigenvalue weighted by Crippen LogP contribution is -2.40. The second kappa shape index (κ2) is 11.0. The maximum atomic E-state index is 12.8. The van der Waals surface area contributed by atoms with Crippen LogP contribution in [0.5, 0.6) is 11.5 Å². The van der Waals surface area contributed by atoms with Gasteiger partial charge in [-0.05, 0) is 24.1 Å². The third kappa shape index (κ3) is 5.90. The van der Waals surface area contributed by atoms with E-state index < -0.39 is 0 Å². The number of methoxy groups -OCH3 is 2. The van der Waals surface area contributed by atoms with E-state index >= 15 is 0 Å². The Morgan fingerprint density at radius 3 is 2.39 bits per heavy atom. The molecular weight excluding hydrogens is 420 g/mol. The second-order valence-corrected chi connectivity index (χ2v) is 8.24. The Kier molecular flexibility index (Phi) is 8.06. The number of hydrogen-bond donors (Lipinski definition) is 2. The third-order valence-electron chi connectivity index (χ3n) is 5.59. The first-order chi connectivity index (χ1) is 15.9. The quantitative estimate of drug-likeness (QED) is 0.490. The van der Waals surface area contributed by atoms with Gasteiger partial charge in [0.1, 0.15) is 5.82 Å². The molecule has 1 atom stereocenters. The van der Waals surface area contributed by atoms with Crippen LogP contribution in [0.2, 0.25) is 0 Å². The van der Waals surface area contributed by atoms with Crippen molar-refractivity contribution in [1.29, 1.82) is 0 Å². The molecule has 0 aliphatic carbocycles. The molecular formula is C25H32N4O4. The Bertz CT molecular complexity index is 1140. The minimum atomic E-state index is -0.264. The zero-order chi connectivity index (χ0) is 24.0. The average Bonchev–Trinajstić information content (AvgIpc) is 2.81. The number of nitrogens with zero attached hydrogens (tertiary/aromatic N) is 2. The van der Waals surface area contributed by atoms with Crippen molar-refractivity contribution in [3.05, 3.63) is 64.2 Å². The summed E-state index contributed by atoms with van der Waals surface area (Å²) in [6, 6.07) is 13.2. The predicted octanol–water partition coefficient (Wildman–Crippen LogP) is 3.28. The first kappa shape index (κ1) is 24.3. The summed E-state index contributed by atoms with van der Waals surface area (Å²) in [5.74, 6) is 1.63. The third-order valence-corrected chi connectivity index (χ3v) is 5.59. The van der Waals surface area contributed by atoms with Crippen molar-refractivity contribution in [3.8, 4) is 11.5 Å². The Morgan fingerprint density at radius 1 is 1.12 bits per heavy atom. The number of likely N-dealkylation sites (N-methyl/N-ethyl adjacent to an activating group) is 1. The van der Waals surface area contributed by atoms with Crippen LogP contribution in [0.3, 0.4) is 0 Å². The largest absolute Gasteiger partial charge is 0.493 e. The van der Waals surface area contributed by atoms with Gasteiger partial charge in [-0.3, -0.25) is 14.5 Å². The lowest BCUT2D eigenvalue weighted by molar-refractivity contribution is -0.123. The van der Waals surface area contributed by atoms with Crippen LogP contribution in [-0.4, -0.2) is 48.1 Å². The van der Waals surface area contributed by atoms with Gasteiger partial charge in [0.05, 0.1) is 44.3 Å². The molecule has 2 N–H and O–H groups in total. The highest BCUT2D eigenvalue weighted by Gasteiger charge is 2.20.